The summed E-state index contributed by atoms with van der Waals surface area (Å²) < 4.78 is 24.2. The van der Waals surface area contributed by atoms with Gasteiger partial charge in [0.1, 0.15) is 17.0 Å². The fourth-order valence-electron chi connectivity index (χ4n) is 2.74. The van der Waals surface area contributed by atoms with E-state index in [4.69, 9.17) is 9.47 Å². The summed E-state index contributed by atoms with van der Waals surface area (Å²) >= 11 is 0. The van der Waals surface area contributed by atoms with Crippen molar-refractivity contribution in [1.29, 1.82) is 0 Å². The lowest BCUT2D eigenvalue weighted by Gasteiger charge is -2.31. The Morgan fingerprint density at radius 2 is 1.44 bits per heavy atom. The van der Waals surface area contributed by atoms with E-state index in [0.29, 0.717) is 12.8 Å². The van der Waals surface area contributed by atoms with Crippen molar-refractivity contribution in [2.45, 2.75) is 71.6 Å². The molecule has 0 bridgehead atoms. The lowest BCUT2D eigenvalue weighted by atomic mass is 10.1. The highest BCUT2D eigenvalue weighted by Crippen LogP contribution is 2.28. The fourth-order valence-corrected chi connectivity index (χ4v) is 2.74. The molecule has 0 saturated heterocycles. The van der Waals surface area contributed by atoms with E-state index in [2.05, 4.69) is 0 Å². The van der Waals surface area contributed by atoms with E-state index >= 15 is 0 Å². The summed E-state index contributed by atoms with van der Waals surface area (Å²) in [5, 5.41) is 0. The maximum absolute atomic E-state index is 13.5. The molecule has 0 N–H and O–H groups in total. The van der Waals surface area contributed by atoms with Crippen LogP contribution in [0.5, 0.6) is 0 Å². The Morgan fingerprint density at radius 1 is 0.960 bits per heavy atom. The third kappa shape index (κ3) is 5.18. The first-order valence-electron chi connectivity index (χ1n) is 8.38. The molecule has 1 unspecified atom stereocenters. The number of carbonyl (C=O) groups excluding carboxylic acids is 2. The predicted molar refractivity (Wildman–Crippen MR) is 91.9 cm³/mol. The molecule has 1 aromatic rings. The van der Waals surface area contributed by atoms with Crippen LogP contribution in [-0.2, 0) is 22.3 Å². The van der Waals surface area contributed by atoms with Gasteiger partial charge in [-0.25, -0.2) is 18.9 Å². The molecule has 0 spiro atoms. The average Bonchev–Trinajstić information content (AvgIpc) is 2.76. The van der Waals surface area contributed by atoms with Gasteiger partial charge in [-0.15, -0.1) is 0 Å². The molecule has 0 aliphatic heterocycles. The number of fused-ring (bicyclic) bond motifs is 1. The third-order valence-electron chi connectivity index (χ3n) is 3.62. The molecule has 1 aliphatic carbocycles. The first kappa shape index (κ1) is 19.2. The highest BCUT2D eigenvalue weighted by Gasteiger charge is 2.39. The maximum atomic E-state index is 13.5. The van der Waals surface area contributed by atoms with Gasteiger partial charge in [0, 0.05) is 0 Å². The summed E-state index contributed by atoms with van der Waals surface area (Å²) in [5.74, 6) is -0.333. The molecule has 0 saturated carbocycles. The van der Waals surface area contributed by atoms with Crippen molar-refractivity contribution in [1.82, 2.24) is 4.90 Å². The zero-order valence-corrected chi connectivity index (χ0v) is 15.7. The number of nitrogens with zero attached hydrogens (tertiary/aromatic N) is 1. The zero-order chi connectivity index (χ0) is 19.0. The SMILES string of the molecule is CC(C)(C)OC(=O)N(C(=O)OC(C)(C)C)C1Cc2ccc(F)cc2C1. The molecule has 138 valence electrons. The van der Waals surface area contributed by atoms with Crippen molar-refractivity contribution >= 4 is 12.2 Å². The van der Waals surface area contributed by atoms with Gasteiger partial charge < -0.3 is 9.47 Å². The Hall–Kier alpha value is -2.11. The van der Waals surface area contributed by atoms with Crippen molar-refractivity contribution in [2.24, 2.45) is 0 Å². The number of ether oxygens (including phenoxy) is 2. The van der Waals surface area contributed by atoms with Gasteiger partial charge in [0.15, 0.2) is 0 Å². The van der Waals surface area contributed by atoms with Gasteiger partial charge in [-0.2, -0.15) is 0 Å². The van der Waals surface area contributed by atoms with Crippen molar-refractivity contribution in [3.63, 3.8) is 0 Å². The van der Waals surface area contributed by atoms with Gasteiger partial charge in [-0.3, -0.25) is 0 Å². The topological polar surface area (TPSA) is 55.8 Å². The Morgan fingerprint density at radius 3 is 1.92 bits per heavy atom. The number of halogens is 1. The number of hydrogen-bond donors (Lipinski definition) is 0. The van der Waals surface area contributed by atoms with Gasteiger partial charge in [0.2, 0.25) is 0 Å². The van der Waals surface area contributed by atoms with E-state index in [-0.39, 0.29) is 5.82 Å². The van der Waals surface area contributed by atoms with Gasteiger partial charge in [-0.05, 0) is 77.6 Å². The van der Waals surface area contributed by atoms with Gasteiger partial charge >= 0.3 is 12.2 Å². The Bertz CT molecular complexity index is 645. The zero-order valence-electron chi connectivity index (χ0n) is 15.7. The Balaban J connectivity index is 2.26. The molecule has 0 radical (unpaired) electrons. The van der Waals surface area contributed by atoms with E-state index in [9.17, 15) is 14.0 Å². The van der Waals surface area contributed by atoms with E-state index in [1.807, 2.05) is 0 Å². The van der Waals surface area contributed by atoms with E-state index in [0.717, 1.165) is 16.0 Å². The summed E-state index contributed by atoms with van der Waals surface area (Å²) in [6, 6.07) is 4.05. The van der Waals surface area contributed by atoms with Crippen LogP contribution >= 0.6 is 0 Å². The van der Waals surface area contributed by atoms with Crippen LogP contribution < -0.4 is 0 Å². The number of hydrogen-bond acceptors (Lipinski definition) is 4. The van der Waals surface area contributed by atoms with Crippen LogP contribution in [0.15, 0.2) is 18.2 Å². The Labute approximate surface area is 148 Å². The molecule has 0 aromatic heterocycles. The summed E-state index contributed by atoms with van der Waals surface area (Å²) in [5.41, 5.74) is 0.231. The second-order valence-corrected chi connectivity index (χ2v) is 8.31. The van der Waals surface area contributed by atoms with Crippen molar-refractivity contribution < 1.29 is 23.5 Å². The summed E-state index contributed by atoms with van der Waals surface area (Å²) in [6.45, 7) is 10.4. The van der Waals surface area contributed by atoms with Crippen LogP contribution in [-0.4, -0.2) is 34.3 Å². The highest BCUT2D eigenvalue weighted by molar-refractivity contribution is 5.88. The Kier molecular flexibility index (Phi) is 5.11. The van der Waals surface area contributed by atoms with E-state index in [1.165, 1.54) is 12.1 Å². The molecular formula is C19H26FNO4. The van der Waals surface area contributed by atoms with Crippen LogP contribution in [0.1, 0.15) is 52.7 Å². The minimum atomic E-state index is -0.750. The molecule has 5 nitrogen and oxygen atoms in total. The molecule has 0 heterocycles. The number of benzene rings is 1. The van der Waals surface area contributed by atoms with E-state index < -0.39 is 29.4 Å². The monoisotopic (exact) mass is 351 g/mol. The lowest BCUT2D eigenvalue weighted by molar-refractivity contribution is -0.00643. The number of carbonyl (C=O) groups is 2. The molecule has 2 amide bonds. The van der Waals surface area contributed by atoms with Gasteiger partial charge in [0.25, 0.3) is 0 Å². The predicted octanol–water partition coefficient (Wildman–Crippen LogP) is 4.47. The number of rotatable bonds is 1. The van der Waals surface area contributed by atoms with E-state index in [1.54, 1.807) is 47.6 Å². The van der Waals surface area contributed by atoms with Crippen molar-refractivity contribution in [2.75, 3.05) is 0 Å². The third-order valence-corrected chi connectivity index (χ3v) is 3.62. The van der Waals surface area contributed by atoms with Crippen LogP contribution in [0.25, 0.3) is 0 Å². The first-order chi connectivity index (χ1) is 11.4. The van der Waals surface area contributed by atoms with Crippen molar-refractivity contribution in [3.05, 3.63) is 35.1 Å². The molecule has 1 aliphatic rings. The molecule has 0 fully saturated rings. The molecular weight excluding hydrogens is 325 g/mol. The minimum Gasteiger partial charge on any atom is -0.443 e. The summed E-state index contributed by atoms with van der Waals surface area (Å²) in [7, 11) is 0. The largest absolute Gasteiger partial charge is 0.443 e. The quantitative estimate of drug-likeness (QED) is 0.749. The van der Waals surface area contributed by atoms with Crippen LogP contribution in [0, 0.1) is 5.82 Å². The van der Waals surface area contributed by atoms with Gasteiger partial charge in [-0.1, -0.05) is 6.07 Å². The van der Waals surface area contributed by atoms with Crippen molar-refractivity contribution in [3.8, 4) is 0 Å². The van der Waals surface area contributed by atoms with Crippen LogP contribution in [0.3, 0.4) is 0 Å². The molecule has 1 atom stereocenters. The fraction of sp³-hybridized carbons (Fsp3) is 0.579. The maximum Gasteiger partial charge on any atom is 0.420 e. The molecule has 1 aromatic carbocycles. The highest BCUT2D eigenvalue weighted by atomic mass is 19.1. The molecule has 2 rings (SSSR count). The second kappa shape index (κ2) is 6.65. The second-order valence-electron chi connectivity index (χ2n) is 8.31. The normalized spacial score (nSPS) is 17.0. The summed E-state index contributed by atoms with van der Waals surface area (Å²) in [4.78, 5) is 26.3. The standard InChI is InChI=1S/C19H26FNO4/c1-18(2,3)24-16(22)21(17(23)25-19(4,5)6)15-10-12-7-8-14(20)9-13(12)11-15/h7-9,15H,10-11H2,1-6H3. The average molecular weight is 351 g/mol. The summed E-state index contributed by atoms with van der Waals surface area (Å²) in [6.07, 6.45) is -0.667. The van der Waals surface area contributed by atoms with Gasteiger partial charge in [0.05, 0.1) is 6.04 Å². The van der Waals surface area contributed by atoms with Crippen LogP contribution in [0.2, 0.25) is 0 Å². The van der Waals surface area contributed by atoms with Crippen LogP contribution in [0.4, 0.5) is 14.0 Å². The smallest absolute Gasteiger partial charge is 0.420 e. The lowest BCUT2D eigenvalue weighted by Crippen LogP contribution is -2.49. The minimum absolute atomic E-state index is 0.333. The first-order valence-corrected chi connectivity index (χ1v) is 8.38. The number of imide groups is 1. The molecule has 25 heavy (non-hydrogen) atoms. The molecule has 6 heteroatoms. The number of amides is 2.